The van der Waals surface area contributed by atoms with E-state index in [0.717, 1.165) is 28.3 Å². The number of rotatable bonds is 7. The summed E-state index contributed by atoms with van der Waals surface area (Å²) in [6.07, 6.45) is 4.84. The summed E-state index contributed by atoms with van der Waals surface area (Å²) in [4.78, 5) is 2.41. The fourth-order valence-electron chi connectivity index (χ4n) is 8.92. The van der Waals surface area contributed by atoms with Crippen molar-refractivity contribution in [1.82, 2.24) is 0 Å². The summed E-state index contributed by atoms with van der Waals surface area (Å²) in [5.41, 5.74) is 11.5. The minimum absolute atomic E-state index is 0.148. The molecule has 0 radical (unpaired) electrons. The van der Waals surface area contributed by atoms with Crippen LogP contribution in [0.3, 0.4) is 0 Å². The highest BCUT2D eigenvalue weighted by molar-refractivity contribution is 6.14. The molecule has 0 amide bonds. The van der Waals surface area contributed by atoms with Gasteiger partial charge in [-0.1, -0.05) is 164 Å². The highest BCUT2D eigenvalue weighted by Crippen LogP contribution is 2.57. The van der Waals surface area contributed by atoms with Gasteiger partial charge in [0.15, 0.2) is 0 Å². The molecule has 0 fully saturated rings. The molecule has 1 aliphatic heterocycles. The van der Waals surface area contributed by atoms with Crippen molar-refractivity contribution in [3.63, 3.8) is 0 Å². The summed E-state index contributed by atoms with van der Waals surface area (Å²) in [5, 5.41) is 4.87. The van der Waals surface area contributed by atoms with E-state index in [4.69, 9.17) is 4.74 Å². The van der Waals surface area contributed by atoms with Crippen molar-refractivity contribution < 1.29 is 4.74 Å². The Morgan fingerprint density at radius 1 is 0.547 bits per heavy atom. The van der Waals surface area contributed by atoms with Crippen LogP contribution in [0.25, 0.3) is 38.2 Å². The molecule has 1 atom stereocenters. The molecule has 1 heterocycles. The average molecular weight is 680 g/mol. The van der Waals surface area contributed by atoms with Crippen LogP contribution >= 0.6 is 0 Å². The van der Waals surface area contributed by atoms with Crippen LogP contribution in [0.2, 0.25) is 0 Å². The van der Waals surface area contributed by atoms with Crippen molar-refractivity contribution in [2.24, 2.45) is 0 Å². The summed E-state index contributed by atoms with van der Waals surface area (Å²) < 4.78 is 6.59. The van der Waals surface area contributed by atoms with E-state index in [1.165, 1.54) is 54.9 Å². The van der Waals surface area contributed by atoms with Gasteiger partial charge in [-0.05, 0) is 73.8 Å². The van der Waals surface area contributed by atoms with E-state index in [9.17, 15) is 0 Å². The summed E-state index contributed by atoms with van der Waals surface area (Å²) in [6.45, 7) is 4.10. The molecule has 0 saturated carbocycles. The molecule has 0 bridgehead atoms. The maximum Gasteiger partial charge on any atom is 0.129 e. The fourth-order valence-corrected chi connectivity index (χ4v) is 8.92. The largest absolute Gasteiger partial charge is 0.485 e. The number of anilines is 2. The normalized spacial score (nSPS) is 15.8. The first-order valence-corrected chi connectivity index (χ1v) is 18.4. The Kier molecular flexibility index (Phi) is 7.37. The zero-order chi connectivity index (χ0) is 35.4. The fraction of sp³-hybridized carbons (Fsp3) is 0.0588. The van der Waals surface area contributed by atoms with Gasteiger partial charge >= 0.3 is 0 Å². The zero-order valence-electron chi connectivity index (χ0n) is 29.3. The third-order valence-electron chi connectivity index (χ3n) is 11.2. The number of benzene rings is 8. The molecule has 1 unspecified atom stereocenters. The Labute approximate surface area is 310 Å². The Bertz CT molecular complexity index is 2670. The summed E-state index contributed by atoms with van der Waals surface area (Å²) >= 11 is 0. The summed E-state index contributed by atoms with van der Waals surface area (Å²) in [6, 6.07) is 66.3. The number of hydrogen-bond acceptors (Lipinski definition) is 2. The Morgan fingerprint density at radius 2 is 1.15 bits per heavy atom. The molecule has 0 spiro atoms. The maximum absolute atomic E-state index is 6.59. The number of hydrogen-bond donors (Lipinski definition) is 0. The number of para-hydroxylation sites is 1. The smallest absolute Gasteiger partial charge is 0.129 e. The molecule has 2 aliphatic rings. The van der Waals surface area contributed by atoms with Crippen LogP contribution in [-0.2, 0) is 5.41 Å². The first-order chi connectivity index (χ1) is 26.3. The molecular weight excluding hydrogens is 643 g/mol. The minimum atomic E-state index is -0.511. The molecule has 252 valence electrons. The van der Waals surface area contributed by atoms with Crippen LogP contribution < -0.4 is 9.64 Å². The van der Waals surface area contributed by atoms with Gasteiger partial charge < -0.3 is 9.64 Å². The van der Waals surface area contributed by atoms with E-state index in [0.29, 0.717) is 6.42 Å². The van der Waals surface area contributed by atoms with Crippen molar-refractivity contribution >= 4 is 38.5 Å². The van der Waals surface area contributed by atoms with Crippen LogP contribution in [0.5, 0.6) is 5.75 Å². The number of ether oxygens (including phenoxy) is 1. The van der Waals surface area contributed by atoms with Gasteiger partial charge in [-0.25, -0.2) is 0 Å². The van der Waals surface area contributed by atoms with Gasteiger partial charge in [0.25, 0.3) is 0 Å². The van der Waals surface area contributed by atoms with Crippen LogP contribution in [0.15, 0.2) is 201 Å². The van der Waals surface area contributed by atoms with Crippen molar-refractivity contribution in [1.29, 1.82) is 0 Å². The summed E-state index contributed by atoms with van der Waals surface area (Å²) in [5.74, 6) is 0.908. The SMILES string of the molecule is C=CCC1Oc2ccccc2/C1=C\N(c1ccc2c(c1)C(c1ccccc1)(c1ccccc1)c1ccccc1-2)c1cc2ccccc2c2ccccc12. The number of fused-ring (bicyclic) bond motifs is 7. The second-order valence-electron chi connectivity index (χ2n) is 14.0. The molecule has 2 nitrogen and oxygen atoms in total. The van der Waals surface area contributed by atoms with E-state index in [1.807, 2.05) is 12.1 Å². The minimum Gasteiger partial charge on any atom is -0.485 e. The van der Waals surface area contributed by atoms with Crippen molar-refractivity contribution in [2.75, 3.05) is 4.90 Å². The summed E-state index contributed by atoms with van der Waals surface area (Å²) in [7, 11) is 0. The molecule has 8 aromatic rings. The van der Waals surface area contributed by atoms with Crippen molar-refractivity contribution in [2.45, 2.75) is 17.9 Å². The van der Waals surface area contributed by atoms with E-state index in [-0.39, 0.29) is 6.10 Å². The van der Waals surface area contributed by atoms with Crippen LogP contribution in [-0.4, -0.2) is 6.10 Å². The lowest BCUT2D eigenvalue weighted by atomic mass is 9.67. The lowest BCUT2D eigenvalue weighted by molar-refractivity contribution is 0.280. The topological polar surface area (TPSA) is 12.5 Å². The van der Waals surface area contributed by atoms with E-state index >= 15 is 0 Å². The maximum atomic E-state index is 6.59. The van der Waals surface area contributed by atoms with Crippen LogP contribution in [0, 0.1) is 0 Å². The number of nitrogens with zero attached hydrogens (tertiary/aromatic N) is 1. The monoisotopic (exact) mass is 679 g/mol. The Morgan fingerprint density at radius 3 is 1.91 bits per heavy atom. The molecule has 10 rings (SSSR count). The van der Waals surface area contributed by atoms with Crippen molar-refractivity contribution in [3.8, 4) is 16.9 Å². The molecule has 0 saturated heterocycles. The average Bonchev–Trinajstić information content (AvgIpc) is 3.73. The molecule has 0 N–H and O–H groups in total. The second-order valence-corrected chi connectivity index (χ2v) is 14.0. The van der Waals surface area contributed by atoms with Crippen molar-refractivity contribution in [3.05, 3.63) is 229 Å². The molecule has 1 aliphatic carbocycles. The predicted octanol–water partition coefficient (Wildman–Crippen LogP) is 12.9. The third-order valence-corrected chi connectivity index (χ3v) is 11.2. The second kappa shape index (κ2) is 12.5. The van der Waals surface area contributed by atoms with Gasteiger partial charge in [-0.2, -0.15) is 0 Å². The highest BCUT2D eigenvalue weighted by Gasteiger charge is 2.46. The molecule has 53 heavy (non-hydrogen) atoms. The Balaban J connectivity index is 1.29. The molecular formula is C51H37NO. The molecule has 2 heteroatoms. The Hall–Kier alpha value is -6.64. The molecule has 0 aromatic heterocycles. The standard InChI is InChI=1S/C51H37NO/c1-2-17-49-45(44-27-14-16-29-50(44)53-49)34-52(48-32-35-18-9-10-23-39(35)40-24-11-12-26-43(40)48)38-30-31-42-41-25-13-15-28-46(41)51(47(42)33-38,36-19-5-3-6-20-36)37-21-7-4-8-22-37/h2-16,18-34,49H,1,17H2/b45-34+. The lowest BCUT2D eigenvalue weighted by Gasteiger charge is -2.34. The van der Waals surface area contributed by atoms with Crippen LogP contribution in [0.1, 0.15) is 34.2 Å². The highest BCUT2D eigenvalue weighted by atomic mass is 16.5. The van der Waals surface area contributed by atoms with Gasteiger partial charge in [-0.3, -0.25) is 0 Å². The van der Waals surface area contributed by atoms with Gasteiger partial charge in [-0.15, -0.1) is 6.58 Å². The first-order valence-electron chi connectivity index (χ1n) is 18.4. The van der Waals surface area contributed by atoms with Gasteiger partial charge in [0, 0.05) is 34.8 Å². The van der Waals surface area contributed by atoms with Crippen LogP contribution in [0.4, 0.5) is 11.4 Å². The van der Waals surface area contributed by atoms with E-state index in [2.05, 4.69) is 194 Å². The molecule has 8 aromatic carbocycles. The van der Waals surface area contributed by atoms with Gasteiger partial charge in [0.1, 0.15) is 11.9 Å². The lowest BCUT2D eigenvalue weighted by Crippen LogP contribution is -2.28. The zero-order valence-corrected chi connectivity index (χ0v) is 29.3. The quantitative estimate of drug-likeness (QED) is 0.123. The van der Waals surface area contributed by atoms with Gasteiger partial charge in [0.2, 0.25) is 0 Å². The third kappa shape index (κ3) is 4.80. The van der Waals surface area contributed by atoms with Gasteiger partial charge in [0.05, 0.1) is 11.1 Å². The van der Waals surface area contributed by atoms with E-state index in [1.54, 1.807) is 0 Å². The predicted molar refractivity (Wildman–Crippen MR) is 221 cm³/mol. The first kappa shape index (κ1) is 31.1. The van der Waals surface area contributed by atoms with E-state index < -0.39 is 5.41 Å².